The molecule has 2 aliphatic rings. The summed E-state index contributed by atoms with van der Waals surface area (Å²) in [6.07, 6.45) is -4.57. The van der Waals surface area contributed by atoms with Gasteiger partial charge in [-0.25, -0.2) is 0 Å². The van der Waals surface area contributed by atoms with Gasteiger partial charge in [-0.3, -0.25) is 9.59 Å². The number of rotatable bonds is 7. The second-order valence-electron chi connectivity index (χ2n) is 9.93. The van der Waals surface area contributed by atoms with Crippen molar-refractivity contribution in [2.24, 2.45) is 0 Å². The minimum absolute atomic E-state index is 0.107. The second kappa shape index (κ2) is 11.0. The molecule has 1 fully saturated rings. The number of hydrogen-bond donors (Lipinski definition) is 2. The third-order valence-corrected chi connectivity index (χ3v) is 7.40. The van der Waals surface area contributed by atoms with E-state index in [0.29, 0.717) is 54.2 Å². The summed E-state index contributed by atoms with van der Waals surface area (Å²) in [5, 5.41) is 17.0. The van der Waals surface area contributed by atoms with Gasteiger partial charge < -0.3 is 29.7 Å². The number of benzene rings is 2. The van der Waals surface area contributed by atoms with E-state index < -0.39 is 29.1 Å². The number of carbonyl (C=O) groups is 1. The number of aliphatic hydroxyl groups excluding tert-OH is 1. The fourth-order valence-electron chi connectivity index (χ4n) is 5.33. The molecule has 1 aromatic heterocycles. The van der Waals surface area contributed by atoms with Crippen molar-refractivity contribution in [1.82, 2.24) is 15.1 Å². The zero-order chi connectivity index (χ0) is 29.5. The molecule has 218 valence electrons. The first-order valence-electron chi connectivity index (χ1n) is 13.0. The molecule has 2 N–H and O–H groups in total. The van der Waals surface area contributed by atoms with E-state index in [9.17, 15) is 27.9 Å². The molecule has 1 atom stereocenters. The van der Waals surface area contributed by atoms with Gasteiger partial charge in [-0.05, 0) is 43.2 Å². The van der Waals surface area contributed by atoms with Crippen LogP contribution in [-0.4, -0.2) is 74.3 Å². The van der Waals surface area contributed by atoms with Gasteiger partial charge in [-0.1, -0.05) is 0 Å². The van der Waals surface area contributed by atoms with Crippen LogP contribution in [0.15, 0.2) is 41.2 Å². The number of alkyl halides is 3. The molecule has 0 aliphatic carbocycles. The Bertz CT molecular complexity index is 1520. The Morgan fingerprint density at radius 1 is 1.12 bits per heavy atom. The van der Waals surface area contributed by atoms with Gasteiger partial charge in [-0.15, -0.1) is 0 Å². The number of halogens is 3. The number of likely N-dealkylation sites (N-methyl/N-ethyl adjacent to an activating group) is 1. The lowest BCUT2D eigenvalue weighted by atomic mass is 10.0. The zero-order valence-electron chi connectivity index (χ0n) is 22.8. The molecule has 5 rings (SSSR count). The van der Waals surface area contributed by atoms with Crippen molar-refractivity contribution in [3.05, 3.63) is 57.9 Å². The first kappa shape index (κ1) is 28.3. The summed E-state index contributed by atoms with van der Waals surface area (Å²) < 4.78 is 54.6. The van der Waals surface area contributed by atoms with Crippen LogP contribution in [0.2, 0.25) is 0 Å². The number of fused-ring (bicyclic) bond motifs is 1. The van der Waals surface area contributed by atoms with Crippen molar-refractivity contribution < 1.29 is 32.5 Å². The number of aromatic nitrogens is 2. The normalized spacial score (nSPS) is 16.6. The Kier molecular flexibility index (Phi) is 7.56. The number of β-amino-alcohol motifs (C(OH)–C–C–N with tert-alkyl or cyclic N) is 1. The third-order valence-electron chi connectivity index (χ3n) is 7.40. The van der Waals surface area contributed by atoms with Crippen LogP contribution >= 0.6 is 0 Å². The van der Waals surface area contributed by atoms with Gasteiger partial charge >= 0.3 is 6.18 Å². The number of aliphatic hydroxyl groups is 1. The minimum atomic E-state index is -4.79. The smallest absolute Gasteiger partial charge is 0.418 e. The number of nitrogens with zero attached hydrogens (tertiary/aromatic N) is 4. The van der Waals surface area contributed by atoms with Crippen LogP contribution in [0.4, 0.5) is 24.5 Å². The summed E-state index contributed by atoms with van der Waals surface area (Å²) in [6.45, 7) is 0.858. The van der Waals surface area contributed by atoms with E-state index in [4.69, 9.17) is 9.47 Å². The average Bonchev–Trinajstić information content (AvgIpc) is 3.58. The van der Waals surface area contributed by atoms with Crippen LogP contribution in [0.5, 0.6) is 11.5 Å². The fraction of sp³-hybridized carbons (Fsp3) is 0.393. The van der Waals surface area contributed by atoms with E-state index in [1.807, 2.05) is 0 Å². The summed E-state index contributed by atoms with van der Waals surface area (Å²) >= 11 is 0. The maximum atomic E-state index is 14.3. The molecule has 2 aromatic carbocycles. The summed E-state index contributed by atoms with van der Waals surface area (Å²) in [5.41, 5.74) is -0.484. The van der Waals surface area contributed by atoms with Gasteiger partial charge in [0.1, 0.15) is 17.2 Å². The van der Waals surface area contributed by atoms with E-state index >= 15 is 0 Å². The van der Waals surface area contributed by atoms with Crippen molar-refractivity contribution in [2.45, 2.75) is 25.1 Å². The lowest BCUT2D eigenvalue weighted by Gasteiger charge is -2.23. The Hall–Kier alpha value is -4.26. The van der Waals surface area contributed by atoms with Crippen LogP contribution in [0.1, 0.15) is 17.5 Å². The summed E-state index contributed by atoms with van der Waals surface area (Å²) in [4.78, 5) is 29.6. The standard InChI is InChI=1S/C28H30F3N5O5/c1-32-24(38)15-35-9-7-21-25(16-10-19(40-2)13-20(11-16)41-3)33-36(27(39)26(21)35)23-12-17(34-8-6-18(37)14-34)4-5-22(23)28(29,30)31/h4-5,10-13,18,37H,6-9,14-15H2,1-3H3,(H,32,38)/t18-/m0/s1. The monoisotopic (exact) mass is 573 g/mol. The highest BCUT2D eigenvalue weighted by atomic mass is 19.4. The highest BCUT2D eigenvalue weighted by Gasteiger charge is 2.37. The van der Waals surface area contributed by atoms with Crippen molar-refractivity contribution in [2.75, 3.05) is 57.2 Å². The molecule has 0 saturated carbocycles. The topological polar surface area (TPSA) is 109 Å². The van der Waals surface area contributed by atoms with Gasteiger partial charge in [0.25, 0.3) is 5.56 Å². The minimum Gasteiger partial charge on any atom is -0.497 e. The Morgan fingerprint density at radius 2 is 1.83 bits per heavy atom. The Labute approximate surface area is 233 Å². The van der Waals surface area contributed by atoms with Gasteiger partial charge in [-0.2, -0.15) is 23.0 Å². The summed E-state index contributed by atoms with van der Waals surface area (Å²) in [6, 6.07) is 8.49. The largest absolute Gasteiger partial charge is 0.497 e. The number of ether oxygens (including phenoxy) is 2. The number of carbonyl (C=O) groups excluding carboxylic acids is 1. The predicted octanol–water partition coefficient (Wildman–Crippen LogP) is 2.61. The number of anilines is 2. The van der Waals surface area contributed by atoms with Crippen molar-refractivity contribution in [3.8, 4) is 28.4 Å². The number of amides is 1. The van der Waals surface area contributed by atoms with Gasteiger partial charge in [0.2, 0.25) is 5.91 Å². The van der Waals surface area contributed by atoms with Crippen molar-refractivity contribution >= 4 is 17.3 Å². The van der Waals surface area contributed by atoms with E-state index in [0.717, 1.165) is 10.7 Å². The average molecular weight is 574 g/mol. The van der Waals surface area contributed by atoms with Crippen LogP contribution in [-0.2, 0) is 17.4 Å². The fourth-order valence-corrected chi connectivity index (χ4v) is 5.33. The number of methoxy groups -OCH3 is 2. The number of nitrogens with one attached hydrogen (secondary N) is 1. The summed E-state index contributed by atoms with van der Waals surface area (Å²) in [5.74, 6) is 0.507. The number of hydrogen-bond acceptors (Lipinski definition) is 8. The molecule has 3 aromatic rings. The molecule has 3 heterocycles. The molecular weight excluding hydrogens is 543 g/mol. The van der Waals surface area contributed by atoms with Gasteiger partial charge in [0.15, 0.2) is 0 Å². The Morgan fingerprint density at radius 3 is 2.41 bits per heavy atom. The van der Waals surface area contributed by atoms with E-state index in [-0.39, 0.29) is 30.4 Å². The molecule has 1 saturated heterocycles. The van der Waals surface area contributed by atoms with E-state index in [2.05, 4.69) is 10.4 Å². The lowest BCUT2D eigenvalue weighted by Crippen LogP contribution is -2.38. The van der Waals surface area contributed by atoms with Crippen LogP contribution in [0.25, 0.3) is 16.9 Å². The van der Waals surface area contributed by atoms with Crippen molar-refractivity contribution in [3.63, 3.8) is 0 Å². The van der Waals surface area contributed by atoms with E-state index in [1.165, 1.54) is 33.4 Å². The molecule has 2 aliphatic heterocycles. The predicted molar refractivity (Wildman–Crippen MR) is 146 cm³/mol. The van der Waals surface area contributed by atoms with Crippen LogP contribution in [0.3, 0.4) is 0 Å². The molecule has 0 radical (unpaired) electrons. The molecule has 41 heavy (non-hydrogen) atoms. The van der Waals surface area contributed by atoms with Gasteiger partial charge in [0.05, 0.1) is 43.8 Å². The van der Waals surface area contributed by atoms with E-state index in [1.54, 1.807) is 28.0 Å². The maximum Gasteiger partial charge on any atom is 0.418 e. The molecule has 1 amide bonds. The Balaban J connectivity index is 1.79. The SMILES string of the molecule is CNC(=O)CN1CCc2c(-c3cc(OC)cc(OC)c3)nn(-c3cc(N4CC[C@H](O)C4)ccc3C(F)(F)F)c(=O)c21. The first-order chi connectivity index (χ1) is 19.5. The maximum absolute atomic E-state index is 14.3. The summed E-state index contributed by atoms with van der Waals surface area (Å²) in [7, 11) is 4.41. The van der Waals surface area contributed by atoms with Crippen molar-refractivity contribution in [1.29, 1.82) is 0 Å². The lowest BCUT2D eigenvalue weighted by molar-refractivity contribution is -0.137. The second-order valence-corrected chi connectivity index (χ2v) is 9.93. The molecule has 10 nitrogen and oxygen atoms in total. The highest BCUT2D eigenvalue weighted by Crippen LogP contribution is 2.39. The molecule has 0 unspecified atom stereocenters. The quantitative estimate of drug-likeness (QED) is 0.444. The molecule has 0 bridgehead atoms. The van der Waals surface area contributed by atoms with Crippen LogP contribution in [0, 0.1) is 0 Å². The molecule has 0 spiro atoms. The first-order valence-corrected chi connectivity index (χ1v) is 13.0. The highest BCUT2D eigenvalue weighted by molar-refractivity contribution is 5.83. The third kappa shape index (κ3) is 5.41. The molecular formula is C28H30F3N5O5. The zero-order valence-corrected chi connectivity index (χ0v) is 22.8. The van der Waals surface area contributed by atoms with Crippen LogP contribution < -0.4 is 30.1 Å². The molecule has 13 heteroatoms. The van der Waals surface area contributed by atoms with Gasteiger partial charge in [0, 0.05) is 49.6 Å².